The van der Waals surface area contributed by atoms with Crippen LogP contribution in [0.5, 0.6) is 0 Å². The SMILES string of the molecule is O=C(C[C@@H]1OC(=O)c2ccccc21)Nc1ccccc1-n1ccnn1. The summed E-state index contributed by atoms with van der Waals surface area (Å²) in [7, 11) is 0. The number of anilines is 1. The number of aromatic nitrogens is 3. The second kappa shape index (κ2) is 6.20. The topological polar surface area (TPSA) is 86.1 Å². The van der Waals surface area contributed by atoms with Gasteiger partial charge in [-0.25, -0.2) is 9.48 Å². The Bertz CT molecular complexity index is 937. The van der Waals surface area contributed by atoms with E-state index in [2.05, 4.69) is 15.6 Å². The highest BCUT2D eigenvalue weighted by Gasteiger charge is 2.32. The number of esters is 1. The minimum absolute atomic E-state index is 0.0500. The predicted octanol–water partition coefficient (Wildman–Crippen LogP) is 2.51. The number of nitrogens with zero attached hydrogens (tertiary/aromatic N) is 3. The first-order chi connectivity index (χ1) is 12.2. The molecule has 0 spiro atoms. The van der Waals surface area contributed by atoms with Crippen LogP contribution in [0.15, 0.2) is 60.9 Å². The molecule has 0 aliphatic carbocycles. The van der Waals surface area contributed by atoms with Crippen molar-refractivity contribution in [1.29, 1.82) is 0 Å². The number of amides is 1. The monoisotopic (exact) mass is 334 g/mol. The lowest BCUT2D eigenvalue weighted by Gasteiger charge is -2.13. The molecule has 1 N–H and O–H groups in total. The van der Waals surface area contributed by atoms with Gasteiger partial charge in [0.15, 0.2) is 0 Å². The summed E-state index contributed by atoms with van der Waals surface area (Å²) in [5, 5.41) is 10.6. The van der Waals surface area contributed by atoms with Gasteiger partial charge in [-0.15, -0.1) is 5.10 Å². The van der Waals surface area contributed by atoms with E-state index in [9.17, 15) is 9.59 Å². The molecule has 4 rings (SSSR count). The van der Waals surface area contributed by atoms with Gasteiger partial charge in [0, 0.05) is 5.56 Å². The van der Waals surface area contributed by atoms with Crippen LogP contribution in [0.25, 0.3) is 5.69 Å². The van der Waals surface area contributed by atoms with Crippen molar-refractivity contribution in [3.05, 3.63) is 72.1 Å². The Morgan fingerprint density at radius 3 is 2.80 bits per heavy atom. The summed E-state index contributed by atoms with van der Waals surface area (Å²) in [6.07, 6.45) is 2.74. The van der Waals surface area contributed by atoms with Crippen LogP contribution < -0.4 is 5.32 Å². The molecule has 0 unspecified atom stereocenters. The van der Waals surface area contributed by atoms with Crippen molar-refractivity contribution in [2.45, 2.75) is 12.5 Å². The Labute approximate surface area is 143 Å². The molecular formula is C18H14N4O3. The van der Waals surface area contributed by atoms with Crippen molar-refractivity contribution < 1.29 is 14.3 Å². The molecule has 3 aromatic rings. The predicted molar refractivity (Wildman–Crippen MR) is 89.2 cm³/mol. The smallest absolute Gasteiger partial charge is 0.339 e. The zero-order valence-electron chi connectivity index (χ0n) is 13.1. The number of hydrogen-bond donors (Lipinski definition) is 1. The van der Waals surface area contributed by atoms with Gasteiger partial charge in [-0.3, -0.25) is 4.79 Å². The van der Waals surface area contributed by atoms with Gasteiger partial charge in [0.25, 0.3) is 0 Å². The van der Waals surface area contributed by atoms with Gasteiger partial charge < -0.3 is 10.1 Å². The number of nitrogens with one attached hydrogen (secondary N) is 1. The van der Waals surface area contributed by atoms with E-state index in [0.29, 0.717) is 16.9 Å². The molecule has 1 aromatic heterocycles. The summed E-state index contributed by atoms with van der Waals surface area (Å²) in [5.41, 5.74) is 2.57. The largest absolute Gasteiger partial charge is 0.453 e. The van der Waals surface area contributed by atoms with Crippen LogP contribution in [-0.4, -0.2) is 26.9 Å². The molecule has 1 aliphatic heterocycles. The third kappa shape index (κ3) is 2.87. The maximum atomic E-state index is 12.5. The average Bonchev–Trinajstić information content (AvgIpc) is 3.25. The van der Waals surface area contributed by atoms with Gasteiger partial charge in [-0.05, 0) is 18.2 Å². The summed E-state index contributed by atoms with van der Waals surface area (Å²) < 4.78 is 6.89. The zero-order chi connectivity index (χ0) is 17.2. The van der Waals surface area contributed by atoms with Crippen LogP contribution in [0.1, 0.15) is 28.4 Å². The second-order valence-electron chi connectivity index (χ2n) is 5.60. The normalized spacial score (nSPS) is 15.5. The first-order valence-electron chi connectivity index (χ1n) is 7.78. The Kier molecular flexibility index (Phi) is 3.74. The van der Waals surface area contributed by atoms with Gasteiger partial charge in [-0.2, -0.15) is 0 Å². The van der Waals surface area contributed by atoms with Gasteiger partial charge in [-0.1, -0.05) is 35.5 Å². The molecule has 2 heterocycles. The Morgan fingerprint density at radius 2 is 1.96 bits per heavy atom. The minimum atomic E-state index is -0.567. The molecule has 0 saturated carbocycles. The van der Waals surface area contributed by atoms with Crippen molar-refractivity contribution in [2.24, 2.45) is 0 Å². The molecule has 2 aromatic carbocycles. The van der Waals surface area contributed by atoms with Crippen LogP contribution in [0.2, 0.25) is 0 Å². The van der Waals surface area contributed by atoms with E-state index < -0.39 is 12.1 Å². The van der Waals surface area contributed by atoms with Crippen molar-refractivity contribution >= 4 is 17.6 Å². The summed E-state index contributed by atoms with van der Waals surface area (Å²) in [6.45, 7) is 0. The second-order valence-corrected chi connectivity index (χ2v) is 5.60. The quantitative estimate of drug-likeness (QED) is 0.741. The first kappa shape index (κ1) is 15.1. The number of para-hydroxylation sites is 2. The van der Waals surface area contributed by atoms with E-state index in [1.165, 1.54) is 0 Å². The molecule has 0 fully saturated rings. The van der Waals surface area contributed by atoms with Crippen LogP contribution >= 0.6 is 0 Å². The van der Waals surface area contributed by atoms with Crippen molar-refractivity contribution in [1.82, 2.24) is 15.0 Å². The van der Waals surface area contributed by atoms with E-state index in [1.807, 2.05) is 30.3 Å². The fourth-order valence-electron chi connectivity index (χ4n) is 2.86. The molecule has 0 radical (unpaired) electrons. The van der Waals surface area contributed by atoms with E-state index in [4.69, 9.17) is 4.74 Å². The zero-order valence-corrected chi connectivity index (χ0v) is 13.1. The maximum absolute atomic E-state index is 12.5. The van der Waals surface area contributed by atoms with Gasteiger partial charge in [0.2, 0.25) is 5.91 Å². The highest BCUT2D eigenvalue weighted by molar-refractivity contribution is 5.97. The molecule has 7 heteroatoms. The number of fused-ring (bicyclic) bond motifs is 1. The number of carbonyl (C=O) groups excluding carboxylic acids is 2. The molecule has 7 nitrogen and oxygen atoms in total. The van der Waals surface area contributed by atoms with Crippen molar-refractivity contribution in [3.63, 3.8) is 0 Å². The molecular weight excluding hydrogens is 320 g/mol. The Hall–Kier alpha value is -3.48. The van der Waals surface area contributed by atoms with Gasteiger partial charge in [0.1, 0.15) is 6.10 Å². The molecule has 1 aliphatic rings. The van der Waals surface area contributed by atoms with Gasteiger partial charge in [0.05, 0.1) is 35.8 Å². The highest BCUT2D eigenvalue weighted by atomic mass is 16.5. The third-order valence-electron chi connectivity index (χ3n) is 4.00. The van der Waals surface area contributed by atoms with Crippen LogP contribution in [0, 0.1) is 0 Å². The van der Waals surface area contributed by atoms with Crippen molar-refractivity contribution in [2.75, 3.05) is 5.32 Å². The maximum Gasteiger partial charge on any atom is 0.339 e. The molecule has 124 valence electrons. The number of ether oxygens (including phenoxy) is 1. The summed E-state index contributed by atoms with van der Waals surface area (Å²) in [4.78, 5) is 24.3. The average molecular weight is 334 g/mol. The lowest BCUT2D eigenvalue weighted by Crippen LogP contribution is -2.17. The summed E-state index contributed by atoms with van der Waals surface area (Å²) in [6, 6.07) is 14.4. The molecule has 0 bridgehead atoms. The summed E-state index contributed by atoms with van der Waals surface area (Å²) in [5.74, 6) is -0.640. The van der Waals surface area contributed by atoms with E-state index >= 15 is 0 Å². The van der Waals surface area contributed by atoms with Gasteiger partial charge >= 0.3 is 5.97 Å². The number of hydrogen-bond acceptors (Lipinski definition) is 5. The first-order valence-corrected chi connectivity index (χ1v) is 7.78. The van der Waals surface area contributed by atoms with Crippen LogP contribution in [0.3, 0.4) is 0 Å². The Morgan fingerprint density at radius 1 is 1.16 bits per heavy atom. The van der Waals surface area contributed by atoms with E-state index in [1.54, 1.807) is 35.3 Å². The molecule has 1 atom stereocenters. The minimum Gasteiger partial charge on any atom is -0.453 e. The molecule has 25 heavy (non-hydrogen) atoms. The molecule has 0 saturated heterocycles. The standard InChI is InChI=1S/C18H14N4O3/c23-17(11-16-12-5-1-2-6-13(12)18(24)25-16)20-14-7-3-4-8-15(14)22-10-9-19-21-22/h1-10,16H,11H2,(H,20,23)/t16-/m0/s1. The highest BCUT2D eigenvalue weighted by Crippen LogP contribution is 2.33. The van der Waals surface area contributed by atoms with Crippen LogP contribution in [-0.2, 0) is 9.53 Å². The fourth-order valence-corrected chi connectivity index (χ4v) is 2.86. The number of cyclic esters (lactones) is 1. The number of carbonyl (C=O) groups is 2. The summed E-state index contributed by atoms with van der Waals surface area (Å²) >= 11 is 0. The third-order valence-corrected chi connectivity index (χ3v) is 4.00. The lowest BCUT2D eigenvalue weighted by atomic mass is 10.0. The number of benzene rings is 2. The lowest BCUT2D eigenvalue weighted by molar-refractivity contribution is -0.118. The van der Waals surface area contributed by atoms with E-state index in [-0.39, 0.29) is 12.3 Å². The van der Waals surface area contributed by atoms with Crippen molar-refractivity contribution in [3.8, 4) is 5.69 Å². The van der Waals surface area contributed by atoms with Crippen LogP contribution in [0.4, 0.5) is 5.69 Å². The number of rotatable bonds is 4. The fraction of sp³-hybridized carbons (Fsp3) is 0.111. The Balaban J connectivity index is 1.52. The molecule has 1 amide bonds. The van der Waals surface area contributed by atoms with E-state index in [0.717, 1.165) is 5.56 Å².